The number of likely N-dealkylation sites (tertiary alicyclic amines) is 3. The van der Waals surface area contributed by atoms with Gasteiger partial charge in [0.25, 0.3) is 0 Å². The van der Waals surface area contributed by atoms with E-state index in [1.807, 2.05) is 0 Å². The van der Waals surface area contributed by atoms with Gasteiger partial charge in [0.1, 0.15) is 0 Å². The Morgan fingerprint density at radius 2 is 1.67 bits per heavy atom. The second kappa shape index (κ2) is 6.95. The number of rotatable bonds is 5. The average molecular weight is 295 g/mol. The topological polar surface area (TPSA) is 19.0 Å². The van der Waals surface area contributed by atoms with Gasteiger partial charge in [-0.2, -0.15) is 0 Å². The minimum absolute atomic E-state index is 0.700. The van der Waals surface area contributed by atoms with Gasteiger partial charge >= 0.3 is 0 Å². The lowest BCUT2D eigenvalue weighted by molar-refractivity contribution is -0.0534. The van der Waals surface area contributed by atoms with Crippen LogP contribution >= 0.6 is 0 Å². The van der Waals surface area contributed by atoms with Crippen molar-refractivity contribution in [2.45, 2.75) is 25.7 Å². The van der Waals surface area contributed by atoms with Crippen LogP contribution in [0.1, 0.15) is 25.7 Å². The van der Waals surface area contributed by atoms with Gasteiger partial charge in [0.15, 0.2) is 0 Å². The highest BCUT2D eigenvalue weighted by Gasteiger charge is 2.44. The van der Waals surface area contributed by atoms with Gasteiger partial charge in [-0.15, -0.1) is 0 Å². The van der Waals surface area contributed by atoms with E-state index in [2.05, 4.69) is 21.7 Å². The SMILES string of the molecule is COCCN1CCC(CN2CC3(CCN(C)CC3)C2)CC1. The van der Waals surface area contributed by atoms with Crippen molar-refractivity contribution in [3.05, 3.63) is 0 Å². The molecule has 3 fully saturated rings. The summed E-state index contributed by atoms with van der Waals surface area (Å²) in [6.45, 7) is 11.3. The summed E-state index contributed by atoms with van der Waals surface area (Å²) in [5, 5.41) is 0. The Balaban J connectivity index is 1.33. The number of hydrogen-bond donors (Lipinski definition) is 0. The van der Waals surface area contributed by atoms with Crippen LogP contribution in [0.3, 0.4) is 0 Å². The summed E-state index contributed by atoms with van der Waals surface area (Å²) in [7, 11) is 4.07. The van der Waals surface area contributed by atoms with E-state index in [4.69, 9.17) is 4.74 Å². The smallest absolute Gasteiger partial charge is 0.0589 e. The monoisotopic (exact) mass is 295 g/mol. The second-order valence-electron chi connectivity index (χ2n) is 7.75. The molecule has 0 radical (unpaired) electrons. The van der Waals surface area contributed by atoms with E-state index in [0.29, 0.717) is 5.41 Å². The molecule has 0 saturated carbocycles. The molecule has 0 aliphatic carbocycles. The van der Waals surface area contributed by atoms with Gasteiger partial charge in [-0.3, -0.25) is 0 Å². The third-order valence-electron chi connectivity index (χ3n) is 6.00. The zero-order valence-electron chi connectivity index (χ0n) is 14.0. The molecule has 0 aromatic rings. The van der Waals surface area contributed by atoms with Crippen LogP contribution < -0.4 is 0 Å². The van der Waals surface area contributed by atoms with Crippen LogP contribution in [-0.2, 0) is 4.74 Å². The van der Waals surface area contributed by atoms with Crippen molar-refractivity contribution in [1.82, 2.24) is 14.7 Å². The molecule has 0 atom stereocenters. The lowest BCUT2D eigenvalue weighted by atomic mass is 9.71. The molecule has 0 unspecified atom stereocenters. The van der Waals surface area contributed by atoms with Crippen LogP contribution in [0.25, 0.3) is 0 Å². The first-order chi connectivity index (χ1) is 10.2. The van der Waals surface area contributed by atoms with Gasteiger partial charge in [0.2, 0.25) is 0 Å². The van der Waals surface area contributed by atoms with Crippen molar-refractivity contribution in [2.75, 3.05) is 73.1 Å². The van der Waals surface area contributed by atoms with Crippen LogP contribution in [0.15, 0.2) is 0 Å². The van der Waals surface area contributed by atoms with Crippen molar-refractivity contribution in [2.24, 2.45) is 11.3 Å². The lowest BCUT2D eigenvalue weighted by Gasteiger charge is -2.55. The summed E-state index contributed by atoms with van der Waals surface area (Å²) >= 11 is 0. The largest absolute Gasteiger partial charge is 0.383 e. The second-order valence-corrected chi connectivity index (χ2v) is 7.75. The Labute approximate surface area is 130 Å². The Bertz CT molecular complexity index is 312. The Hall–Kier alpha value is -0.160. The highest BCUT2D eigenvalue weighted by Crippen LogP contribution is 2.40. The normalized spacial score (nSPS) is 28.9. The van der Waals surface area contributed by atoms with Crippen LogP contribution in [0.2, 0.25) is 0 Å². The molecule has 3 rings (SSSR count). The summed E-state index contributed by atoms with van der Waals surface area (Å²) in [6, 6.07) is 0. The van der Waals surface area contributed by atoms with Gasteiger partial charge in [-0.1, -0.05) is 0 Å². The van der Waals surface area contributed by atoms with Crippen LogP contribution in [-0.4, -0.2) is 87.8 Å². The molecule has 4 nitrogen and oxygen atoms in total. The summed E-state index contributed by atoms with van der Waals surface area (Å²) in [5.74, 6) is 0.937. The maximum absolute atomic E-state index is 5.18. The predicted octanol–water partition coefficient (Wildman–Crippen LogP) is 1.37. The Morgan fingerprint density at radius 1 is 1.00 bits per heavy atom. The van der Waals surface area contributed by atoms with E-state index < -0.39 is 0 Å². The first-order valence-corrected chi connectivity index (χ1v) is 8.81. The molecule has 0 bridgehead atoms. The summed E-state index contributed by atoms with van der Waals surface area (Å²) < 4.78 is 5.18. The third-order valence-corrected chi connectivity index (χ3v) is 6.00. The standard InChI is InChI=1S/C17H33N3O/c1-18-9-5-17(6-10-18)14-20(15-17)13-16-3-7-19(8-4-16)11-12-21-2/h16H,3-15H2,1-2H3. The number of nitrogens with zero attached hydrogens (tertiary/aromatic N) is 3. The molecule has 1 spiro atoms. The molecule has 21 heavy (non-hydrogen) atoms. The minimum atomic E-state index is 0.700. The highest BCUT2D eigenvalue weighted by atomic mass is 16.5. The van der Waals surface area contributed by atoms with Crippen molar-refractivity contribution in [3.63, 3.8) is 0 Å². The van der Waals surface area contributed by atoms with Crippen LogP contribution in [0, 0.1) is 11.3 Å². The Kier molecular flexibility index (Phi) is 5.20. The summed E-state index contributed by atoms with van der Waals surface area (Å²) in [6.07, 6.45) is 5.62. The van der Waals surface area contributed by atoms with Crippen molar-refractivity contribution in [1.29, 1.82) is 0 Å². The molecular formula is C17H33N3O. The minimum Gasteiger partial charge on any atom is -0.383 e. The van der Waals surface area contributed by atoms with Crippen molar-refractivity contribution < 1.29 is 4.74 Å². The van der Waals surface area contributed by atoms with Crippen molar-refractivity contribution >= 4 is 0 Å². The third kappa shape index (κ3) is 3.98. The van der Waals surface area contributed by atoms with Gasteiger partial charge in [-0.25, -0.2) is 0 Å². The molecular weight excluding hydrogens is 262 g/mol. The van der Waals surface area contributed by atoms with E-state index in [9.17, 15) is 0 Å². The molecule has 3 heterocycles. The van der Waals surface area contributed by atoms with Gasteiger partial charge in [0.05, 0.1) is 6.61 Å². The molecule has 0 aromatic carbocycles. The number of piperidine rings is 2. The maximum atomic E-state index is 5.18. The fourth-order valence-electron chi connectivity index (χ4n) is 4.42. The van der Waals surface area contributed by atoms with Gasteiger partial charge in [-0.05, 0) is 70.2 Å². The average Bonchev–Trinajstić information content (AvgIpc) is 2.47. The zero-order valence-corrected chi connectivity index (χ0v) is 14.0. The first-order valence-electron chi connectivity index (χ1n) is 8.81. The molecule has 0 amide bonds. The van der Waals surface area contributed by atoms with E-state index in [-0.39, 0.29) is 0 Å². The fourth-order valence-corrected chi connectivity index (χ4v) is 4.42. The molecule has 0 N–H and O–H groups in total. The molecule has 0 aromatic heterocycles. The molecule has 122 valence electrons. The maximum Gasteiger partial charge on any atom is 0.0589 e. The number of hydrogen-bond acceptors (Lipinski definition) is 4. The number of methoxy groups -OCH3 is 1. The summed E-state index contributed by atoms with van der Waals surface area (Å²) in [5.41, 5.74) is 0.700. The zero-order chi connectivity index (χ0) is 14.7. The highest BCUT2D eigenvalue weighted by molar-refractivity contribution is 4.98. The van der Waals surface area contributed by atoms with Gasteiger partial charge < -0.3 is 19.4 Å². The van der Waals surface area contributed by atoms with Crippen molar-refractivity contribution in [3.8, 4) is 0 Å². The van der Waals surface area contributed by atoms with Crippen LogP contribution in [0.5, 0.6) is 0 Å². The van der Waals surface area contributed by atoms with Crippen LogP contribution in [0.4, 0.5) is 0 Å². The van der Waals surface area contributed by atoms with E-state index in [0.717, 1.165) is 19.1 Å². The lowest BCUT2D eigenvalue weighted by Crippen LogP contribution is -2.61. The molecule has 3 aliphatic rings. The van der Waals surface area contributed by atoms with E-state index in [1.165, 1.54) is 71.5 Å². The Morgan fingerprint density at radius 3 is 2.29 bits per heavy atom. The first kappa shape index (κ1) is 15.7. The number of ether oxygens (including phenoxy) is 1. The summed E-state index contributed by atoms with van der Waals surface area (Å²) in [4.78, 5) is 7.79. The quantitative estimate of drug-likeness (QED) is 0.762. The molecule has 3 saturated heterocycles. The van der Waals surface area contributed by atoms with E-state index >= 15 is 0 Å². The molecule has 4 heteroatoms. The predicted molar refractivity (Wildman–Crippen MR) is 86.6 cm³/mol. The van der Waals surface area contributed by atoms with E-state index in [1.54, 1.807) is 7.11 Å². The van der Waals surface area contributed by atoms with Gasteiger partial charge in [0, 0.05) is 33.3 Å². The molecule has 3 aliphatic heterocycles. The fraction of sp³-hybridized carbons (Fsp3) is 1.00.